The van der Waals surface area contributed by atoms with Crippen LogP contribution in [0.1, 0.15) is 10.4 Å². The molecule has 1 aromatic rings. The van der Waals surface area contributed by atoms with Crippen molar-refractivity contribution in [2.75, 3.05) is 45.7 Å². The molecule has 0 radical (unpaired) electrons. The average molecular weight is 263 g/mol. The summed E-state index contributed by atoms with van der Waals surface area (Å²) >= 11 is 0. The third kappa shape index (κ3) is 3.68. The lowest BCUT2D eigenvalue weighted by Crippen LogP contribution is -2.52. The highest BCUT2D eigenvalue weighted by molar-refractivity contribution is 5.89. The van der Waals surface area contributed by atoms with Crippen molar-refractivity contribution in [2.45, 2.75) is 6.04 Å². The number of nitrogens with one attached hydrogen (secondary N) is 2. The minimum atomic E-state index is -0.303. The van der Waals surface area contributed by atoms with E-state index in [2.05, 4.69) is 27.3 Å². The molecule has 2 rings (SSSR count). The normalized spacial score (nSPS) is 20.0. The highest BCUT2D eigenvalue weighted by atomic mass is 16.5. The summed E-state index contributed by atoms with van der Waals surface area (Å²) in [6.45, 7) is 4.03. The largest absolute Gasteiger partial charge is 0.465 e. The van der Waals surface area contributed by atoms with E-state index >= 15 is 0 Å². The van der Waals surface area contributed by atoms with Crippen molar-refractivity contribution in [1.29, 1.82) is 0 Å². The maximum atomic E-state index is 11.3. The molecule has 19 heavy (non-hydrogen) atoms. The molecule has 1 aromatic carbocycles. The van der Waals surface area contributed by atoms with Crippen LogP contribution in [0, 0.1) is 0 Å². The molecule has 0 bridgehead atoms. The minimum absolute atomic E-state index is 0.303. The molecular formula is C14H21N3O2. The van der Waals surface area contributed by atoms with E-state index in [0.29, 0.717) is 11.6 Å². The molecule has 1 aliphatic heterocycles. The van der Waals surface area contributed by atoms with Gasteiger partial charge in [0.1, 0.15) is 0 Å². The second-order valence-electron chi connectivity index (χ2n) is 4.79. The Morgan fingerprint density at radius 3 is 2.84 bits per heavy atom. The second-order valence-corrected chi connectivity index (χ2v) is 4.79. The van der Waals surface area contributed by atoms with E-state index in [1.165, 1.54) is 7.11 Å². The van der Waals surface area contributed by atoms with E-state index in [1.54, 1.807) is 12.1 Å². The number of hydrogen-bond acceptors (Lipinski definition) is 5. The first-order valence-corrected chi connectivity index (χ1v) is 6.54. The number of carbonyl (C=O) groups is 1. The topological polar surface area (TPSA) is 53.6 Å². The Kier molecular flexibility index (Phi) is 4.76. The van der Waals surface area contributed by atoms with E-state index in [-0.39, 0.29) is 5.97 Å². The van der Waals surface area contributed by atoms with E-state index in [0.717, 1.165) is 31.9 Å². The number of benzene rings is 1. The molecule has 0 saturated carbocycles. The van der Waals surface area contributed by atoms with E-state index < -0.39 is 0 Å². The Bertz CT molecular complexity index is 419. The van der Waals surface area contributed by atoms with Gasteiger partial charge < -0.3 is 15.4 Å². The number of carbonyl (C=O) groups excluding carboxylic acids is 1. The van der Waals surface area contributed by atoms with Crippen molar-refractivity contribution in [3.05, 3.63) is 29.8 Å². The van der Waals surface area contributed by atoms with Crippen molar-refractivity contribution in [1.82, 2.24) is 10.2 Å². The molecule has 1 atom stereocenters. The first kappa shape index (κ1) is 13.8. The maximum absolute atomic E-state index is 11.3. The standard InChI is InChI=1S/C14H21N3O2/c1-17-8-7-15-9-13(17)10-16-12-5-3-11(4-6-12)14(18)19-2/h3-6,13,15-16H,7-10H2,1-2H3. The number of ether oxygens (including phenoxy) is 1. The molecule has 1 saturated heterocycles. The van der Waals surface area contributed by atoms with Crippen LogP contribution in [0.15, 0.2) is 24.3 Å². The number of methoxy groups -OCH3 is 1. The number of piperazine rings is 1. The van der Waals surface area contributed by atoms with Gasteiger partial charge in [-0.15, -0.1) is 0 Å². The highest BCUT2D eigenvalue weighted by Gasteiger charge is 2.17. The number of anilines is 1. The van der Waals surface area contributed by atoms with Gasteiger partial charge in [0.05, 0.1) is 12.7 Å². The van der Waals surface area contributed by atoms with Gasteiger partial charge in [-0.2, -0.15) is 0 Å². The predicted molar refractivity (Wildman–Crippen MR) is 75.6 cm³/mol. The van der Waals surface area contributed by atoms with Crippen molar-refractivity contribution in [2.24, 2.45) is 0 Å². The number of esters is 1. The van der Waals surface area contributed by atoms with Crippen LogP contribution in [-0.2, 0) is 4.74 Å². The summed E-state index contributed by atoms with van der Waals surface area (Å²) in [5.41, 5.74) is 1.59. The summed E-state index contributed by atoms with van der Waals surface area (Å²) in [4.78, 5) is 13.7. The smallest absolute Gasteiger partial charge is 0.337 e. The van der Waals surface area contributed by atoms with Gasteiger partial charge in [-0.25, -0.2) is 4.79 Å². The van der Waals surface area contributed by atoms with Crippen LogP contribution in [0.5, 0.6) is 0 Å². The zero-order valence-electron chi connectivity index (χ0n) is 11.5. The van der Waals surface area contributed by atoms with Gasteiger partial charge in [0, 0.05) is 37.9 Å². The fraction of sp³-hybridized carbons (Fsp3) is 0.500. The number of rotatable bonds is 4. The maximum Gasteiger partial charge on any atom is 0.337 e. The van der Waals surface area contributed by atoms with Gasteiger partial charge in [0.25, 0.3) is 0 Å². The van der Waals surface area contributed by atoms with Gasteiger partial charge in [-0.3, -0.25) is 4.90 Å². The van der Waals surface area contributed by atoms with Crippen LogP contribution >= 0.6 is 0 Å². The van der Waals surface area contributed by atoms with Crippen LogP contribution in [0.4, 0.5) is 5.69 Å². The Balaban J connectivity index is 1.87. The fourth-order valence-corrected chi connectivity index (χ4v) is 2.17. The summed E-state index contributed by atoms with van der Waals surface area (Å²) in [6, 6.07) is 7.85. The quantitative estimate of drug-likeness (QED) is 0.787. The van der Waals surface area contributed by atoms with Crippen LogP contribution in [0.3, 0.4) is 0 Å². The molecule has 1 unspecified atom stereocenters. The van der Waals surface area contributed by atoms with Crippen molar-refractivity contribution in [3.63, 3.8) is 0 Å². The summed E-state index contributed by atoms with van der Waals surface area (Å²) in [7, 11) is 3.54. The van der Waals surface area contributed by atoms with Crippen LogP contribution in [0.2, 0.25) is 0 Å². The molecule has 2 N–H and O–H groups in total. The van der Waals surface area contributed by atoms with Crippen LogP contribution in [0.25, 0.3) is 0 Å². The van der Waals surface area contributed by atoms with Crippen molar-refractivity contribution in [3.8, 4) is 0 Å². The monoisotopic (exact) mass is 263 g/mol. The molecule has 0 spiro atoms. The summed E-state index contributed by atoms with van der Waals surface area (Å²) in [6.07, 6.45) is 0. The van der Waals surface area contributed by atoms with Crippen LogP contribution < -0.4 is 10.6 Å². The Morgan fingerprint density at radius 1 is 1.47 bits per heavy atom. The van der Waals surface area contributed by atoms with E-state index in [1.807, 2.05) is 12.1 Å². The first-order valence-electron chi connectivity index (χ1n) is 6.54. The van der Waals surface area contributed by atoms with Gasteiger partial charge >= 0.3 is 5.97 Å². The first-order chi connectivity index (χ1) is 9.20. The molecule has 0 amide bonds. The number of likely N-dealkylation sites (N-methyl/N-ethyl adjacent to an activating group) is 1. The van der Waals surface area contributed by atoms with Crippen LogP contribution in [-0.4, -0.2) is 57.2 Å². The molecule has 5 nitrogen and oxygen atoms in total. The summed E-state index contributed by atoms with van der Waals surface area (Å²) < 4.78 is 4.67. The SMILES string of the molecule is COC(=O)c1ccc(NCC2CNCCN2C)cc1. The van der Waals surface area contributed by atoms with Crippen molar-refractivity contribution < 1.29 is 9.53 Å². The second kappa shape index (κ2) is 6.54. The molecule has 104 valence electrons. The Labute approximate surface area is 113 Å². The molecule has 0 aliphatic carbocycles. The fourth-order valence-electron chi connectivity index (χ4n) is 2.17. The zero-order chi connectivity index (χ0) is 13.7. The molecule has 1 fully saturated rings. The molecule has 1 heterocycles. The lowest BCUT2D eigenvalue weighted by Gasteiger charge is -2.33. The summed E-state index contributed by atoms with van der Waals surface area (Å²) in [5.74, 6) is -0.303. The lowest BCUT2D eigenvalue weighted by atomic mass is 10.2. The predicted octanol–water partition coefficient (Wildman–Crippen LogP) is 0.789. The lowest BCUT2D eigenvalue weighted by molar-refractivity contribution is 0.0601. The minimum Gasteiger partial charge on any atom is -0.465 e. The molecular weight excluding hydrogens is 242 g/mol. The molecule has 5 heteroatoms. The van der Waals surface area contributed by atoms with E-state index in [9.17, 15) is 4.79 Å². The number of nitrogens with zero attached hydrogens (tertiary/aromatic N) is 1. The molecule has 1 aliphatic rings. The summed E-state index contributed by atoms with van der Waals surface area (Å²) in [5, 5.41) is 6.79. The third-order valence-electron chi connectivity index (χ3n) is 3.49. The highest BCUT2D eigenvalue weighted by Crippen LogP contribution is 2.11. The zero-order valence-corrected chi connectivity index (χ0v) is 11.5. The van der Waals surface area contributed by atoms with Gasteiger partial charge in [-0.05, 0) is 31.3 Å². The van der Waals surface area contributed by atoms with Crippen molar-refractivity contribution >= 4 is 11.7 Å². The van der Waals surface area contributed by atoms with Gasteiger partial charge in [-0.1, -0.05) is 0 Å². The van der Waals surface area contributed by atoms with Gasteiger partial charge in [0.2, 0.25) is 0 Å². The van der Waals surface area contributed by atoms with Gasteiger partial charge in [0.15, 0.2) is 0 Å². The van der Waals surface area contributed by atoms with E-state index in [4.69, 9.17) is 0 Å². The third-order valence-corrected chi connectivity index (χ3v) is 3.49. The number of hydrogen-bond donors (Lipinski definition) is 2. The average Bonchev–Trinajstić information content (AvgIpc) is 2.46. The Hall–Kier alpha value is -1.59. The molecule has 0 aromatic heterocycles. The Morgan fingerprint density at radius 2 is 2.21 bits per heavy atom.